The molecule has 1 atom stereocenters. The third-order valence-electron chi connectivity index (χ3n) is 2.46. The van der Waals surface area contributed by atoms with E-state index in [2.05, 4.69) is 5.32 Å². The van der Waals surface area contributed by atoms with E-state index < -0.39 is 0 Å². The molecule has 0 radical (unpaired) electrons. The molecule has 0 aliphatic carbocycles. The molecule has 3 nitrogen and oxygen atoms in total. The van der Waals surface area contributed by atoms with Gasteiger partial charge >= 0.3 is 0 Å². The lowest BCUT2D eigenvalue weighted by Gasteiger charge is -2.15. The number of rotatable bonds is 5. The lowest BCUT2D eigenvalue weighted by atomic mass is 10.1. The van der Waals surface area contributed by atoms with Crippen molar-refractivity contribution in [1.82, 2.24) is 5.32 Å². The standard InChI is InChI=1S/C12H18N2OS/c1-3-9(8-13)14-12(15)10-6-4-5-7-11(10)16-2/h4-7,9H,3,8,13H2,1-2H3,(H,14,15). The fraction of sp³-hybridized carbons (Fsp3) is 0.417. The van der Waals surface area contributed by atoms with Gasteiger partial charge in [0.1, 0.15) is 0 Å². The highest BCUT2D eigenvalue weighted by molar-refractivity contribution is 7.98. The predicted octanol–water partition coefficient (Wildman–Crippen LogP) is 1.88. The maximum atomic E-state index is 12.0. The summed E-state index contributed by atoms with van der Waals surface area (Å²) in [4.78, 5) is 13.0. The molecule has 16 heavy (non-hydrogen) atoms. The SMILES string of the molecule is CCC(CN)NC(=O)c1ccccc1SC. The molecule has 0 bridgehead atoms. The Kier molecular flexibility index (Phi) is 5.35. The summed E-state index contributed by atoms with van der Waals surface area (Å²) < 4.78 is 0. The molecule has 0 aliphatic heterocycles. The lowest BCUT2D eigenvalue weighted by molar-refractivity contribution is 0.0934. The Bertz CT molecular complexity index is 351. The molecule has 0 aliphatic rings. The average molecular weight is 238 g/mol. The van der Waals surface area contributed by atoms with E-state index in [0.29, 0.717) is 6.54 Å². The molecule has 3 N–H and O–H groups in total. The maximum Gasteiger partial charge on any atom is 0.252 e. The minimum atomic E-state index is -0.0396. The van der Waals surface area contributed by atoms with Crippen molar-refractivity contribution in [2.24, 2.45) is 5.73 Å². The van der Waals surface area contributed by atoms with Crippen LogP contribution in [0.5, 0.6) is 0 Å². The van der Waals surface area contributed by atoms with Crippen LogP contribution < -0.4 is 11.1 Å². The van der Waals surface area contributed by atoms with Gasteiger partial charge in [-0.25, -0.2) is 0 Å². The van der Waals surface area contributed by atoms with E-state index in [1.165, 1.54) is 0 Å². The summed E-state index contributed by atoms with van der Waals surface area (Å²) in [6.45, 7) is 2.49. The zero-order valence-electron chi connectivity index (χ0n) is 9.69. The Labute approximate surface area is 101 Å². The van der Waals surface area contributed by atoms with Crippen LogP contribution in [0.15, 0.2) is 29.2 Å². The molecule has 0 saturated carbocycles. The molecule has 1 rings (SSSR count). The summed E-state index contributed by atoms with van der Waals surface area (Å²) in [7, 11) is 0. The topological polar surface area (TPSA) is 55.1 Å². The fourth-order valence-electron chi connectivity index (χ4n) is 1.42. The number of thioether (sulfide) groups is 1. The van der Waals surface area contributed by atoms with Gasteiger partial charge in [0, 0.05) is 17.5 Å². The number of hydrogen-bond acceptors (Lipinski definition) is 3. The van der Waals surface area contributed by atoms with Gasteiger partial charge in [0.15, 0.2) is 0 Å². The smallest absolute Gasteiger partial charge is 0.252 e. The van der Waals surface area contributed by atoms with E-state index in [9.17, 15) is 4.79 Å². The third kappa shape index (κ3) is 3.25. The number of carbonyl (C=O) groups excluding carboxylic acids is 1. The van der Waals surface area contributed by atoms with Crippen LogP contribution in [-0.2, 0) is 0 Å². The van der Waals surface area contributed by atoms with Gasteiger partial charge in [-0.1, -0.05) is 19.1 Å². The second kappa shape index (κ2) is 6.55. The van der Waals surface area contributed by atoms with Crippen molar-refractivity contribution in [3.8, 4) is 0 Å². The van der Waals surface area contributed by atoms with Gasteiger partial charge in [-0.05, 0) is 24.8 Å². The Morgan fingerprint density at radius 2 is 2.19 bits per heavy atom. The summed E-state index contributed by atoms with van der Waals surface area (Å²) in [5.41, 5.74) is 6.28. The molecule has 0 heterocycles. The van der Waals surface area contributed by atoms with Crippen LogP contribution in [0.3, 0.4) is 0 Å². The van der Waals surface area contributed by atoms with Gasteiger partial charge < -0.3 is 11.1 Å². The third-order valence-corrected chi connectivity index (χ3v) is 3.26. The first-order chi connectivity index (χ1) is 7.72. The normalized spacial score (nSPS) is 12.2. The quantitative estimate of drug-likeness (QED) is 0.770. The summed E-state index contributed by atoms with van der Waals surface area (Å²) in [5, 5.41) is 2.93. The average Bonchev–Trinajstić information content (AvgIpc) is 2.35. The van der Waals surface area contributed by atoms with Crippen LogP contribution in [-0.4, -0.2) is 24.7 Å². The molecule has 0 saturated heterocycles. The van der Waals surface area contributed by atoms with Gasteiger partial charge in [0.2, 0.25) is 0 Å². The fourth-order valence-corrected chi connectivity index (χ4v) is 2.02. The Morgan fingerprint density at radius 1 is 1.50 bits per heavy atom. The molecule has 0 aromatic heterocycles. The van der Waals surface area contributed by atoms with Crippen LogP contribution in [0.4, 0.5) is 0 Å². The van der Waals surface area contributed by atoms with Crippen LogP contribution in [0.25, 0.3) is 0 Å². The zero-order chi connectivity index (χ0) is 12.0. The first kappa shape index (κ1) is 13.1. The highest BCUT2D eigenvalue weighted by atomic mass is 32.2. The summed E-state index contributed by atoms with van der Waals surface area (Å²) in [5.74, 6) is -0.0396. The largest absolute Gasteiger partial charge is 0.348 e. The molecular weight excluding hydrogens is 220 g/mol. The van der Waals surface area contributed by atoms with Crippen molar-refractivity contribution in [2.75, 3.05) is 12.8 Å². The Balaban J connectivity index is 2.79. The van der Waals surface area contributed by atoms with Crippen molar-refractivity contribution in [3.05, 3.63) is 29.8 Å². The molecule has 4 heteroatoms. The van der Waals surface area contributed by atoms with Gasteiger partial charge in [-0.2, -0.15) is 0 Å². The van der Waals surface area contributed by atoms with Gasteiger partial charge in [0.25, 0.3) is 5.91 Å². The number of nitrogens with two attached hydrogens (primary N) is 1. The van der Waals surface area contributed by atoms with E-state index >= 15 is 0 Å². The second-order valence-corrected chi connectivity index (χ2v) is 4.36. The Hall–Kier alpha value is -1.00. The first-order valence-corrected chi connectivity index (χ1v) is 6.59. The molecule has 1 unspecified atom stereocenters. The molecule has 88 valence electrons. The van der Waals surface area contributed by atoms with E-state index in [4.69, 9.17) is 5.73 Å². The summed E-state index contributed by atoms with van der Waals surface area (Å²) >= 11 is 1.57. The minimum Gasteiger partial charge on any atom is -0.348 e. The van der Waals surface area contributed by atoms with Crippen LogP contribution >= 0.6 is 11.8 Å². The minimum absolute atomic E-state index is 0.0396. The zero-order valence-corrected chi connectivity index (χ0v) is 10.5. The molecule has 0 fully saturated rings. The first-order valence-electron chi connectivity index (χ1n) is 5.36. The maximum absolute atomic E-state index is 12.0. The van der Waals surface area contributed by atoms with Gasteiger partial charge in [-0.15, -0.1) is 11.8 Å². The monoisotopic (exact) mass is 238 g/mol. The van der Waals surface area contributed by atoms with Crippen molar-refractivity contribution in [2.45, 2.75) is 24.3 Å². The van der Waals surface area contributed by atoms with E-state index in [1.807, 2.05) is 37.4 Å². The van der Waals surface area contributed by atoms with Gasteiger partial charge in [-0.3, -0.25) is 4.79 Å². The molecule has 1 aromatic carbocycles. The number of carbonyl (C=O) groups is 1. The van der Waals surface area contributed by atoms with Crippen molar-refractivity contribution in [1.29, 1.82) is 0 Å². The van der Waals surface area contributed by atoms with Gasteiger partial charge in [0.05, 0.1) is 5.56 Å². The van der Waals surface area contributed by atoms with Crippen molar-refractivity contribution in [3.63, 3.8) is 0 Å². The van der Waals surface area contributed by atoms with Crippen LogP contribution in [0, 0.1) is 0 Å². The van der Waals surface area contributed by atoms with Crippen molar-refractivity contribution < 1.29 is 4.79 Å². The highest BCUT2D eigenvalue weighted by Crippen LogP contribution is 2.19. The molecule has 1 amide bonds. The van der Waals surface area contributed by atoms with Crippen molar-refractivity contribution >= 4 is 17.7 Å². The van der Waals surface area contributed by atoms with E-state index in [1.54, 1.807) is 11.8 Å². The molecule has 0 spiro atoms. The summed E-state index contributed by atoms with van der Waals surface area (Å²) in [6.07, 6.45) is 2.82. The molecular formula is C12H18N2OS. The predicted molar refractivity (Wildman–Crippen MR) is 68.8 cm³/mol. The number of hydrogen-bond donors (Lipinski definition) is 2. The second-order valence-electron chi connectivity index (χ2n) is 3.51. The van der Waals surface area contributed by atoms with E-state index in [0.717, 1.165) is 16.9 Å². The summed E-state index contributed by atoms with van der Waals surface area (Å²) in [6, 6.07) is 7.65. The van der Waals surface area contributed by atoms with E-state index in [-0.39, 0.29) is 11.9 Å². The Morgan fingerprint density at radius 3 is 2.75 bits per heavy atom. The van der Waals surface area contributed by atoms with Crippen LogP contribution in [0.2, 0.25) is 0 Å². The number of benzene rings is 1. The number of amides is 1. The number of nitrogens with one attached hydrogen (secondary N) is 1. The molecule has 1 aromatic rings. The highest BCUT2D eigenvalue weighted by Gasteiger charge is 2.13. The van der Waals surface area contributed by atoms with Crippen LogP contribution in [0.1, 0.15) is 23.7 Å². The lowest BCUT2D eigenvalue weighted by Crippen LogP contribution is -2.39.